The lowest BCUT2D eigenvalue weighted by Crippen LogP contribution is -2.46. The normalized spacial score (nSPS) is 15.4. The molecular weight excluding hydrogens is 634 g/mol. The van der Waals surface area contributed by atoms with Gasteiger partial charge in [0.05, 0.1) is 12.1 Å². The molecule has 4 N–H and O–H groups in total. The number of likely N-dealkylation sites (tertiary alicyclic amines) is 1. The lowest BCUT2D eigenvalue weighted by Gasteiger charge is -2.30. The van der Waals surface area contributed by atoms with E-state index >= 15 is 0 Å². The van der Waals surface area contributed by atoms with E-state index in [2.05, 4.69) is 21.3 Å². The molecule has 0 aromatic heterocycles. The van der Waals surface area contributed by atoms with Crippen molar-refractivity contribution >= 4 is 47.1 Å². The van der Waals surface area contributed by atoms with Gasteiger partial charge in [-0.05, 0) is 71.6 Å². The minimum atomic E-state index is -0.858. The Morgan fingerprint density at radius 1 is 0.939 bits per heavy atom. The molecule has 0 saturated carbocycles. The number of nitrogens with zero attached hydrogens (tertiary/aromatic N) is 1. The first-order chi connectivity index (χ1) is 22.9. The van der Waals surface area contributed by atoms with Crippen molar-refractivity contribution in [2.75, 3.05) is 25.0 Å². The molecule has 14 nitrogen and oxygen atoms in total. The van der Waals surface area contributed by atoms with E-state index in [9.17, 15) is 33.6 Å². The number of hydrogen-bond acceptors (Lipinski definition) is 9. The highest BCUT2D eigenvalue weighted by atomic mass is 16.5. The van der Waals surface area contributed by atoms with Gasteiger partial charge in [-0.25, -0.2) is 0 Å². The smallest absolute Gasteiger partial charge is 0.305 e. The van der Waals surface area contributed by atoms with E-state index in [1.54, 1.807) is 31.2 Å². The van der Waals surface area contributed by atoms with Gasteiger partial charge in [0, 0.05) is 56.0 Å². The molecule has 0 spiro atoms. The van der Waals surface area contributed by atoms with Crippen LogP contribution in [0.5, 0.6) is 0 Å². The second-order valence-electron chi connectivity index (χ2n) is 13.5. The number of carbonyl (C=O) groups excluding carboxylic acids is 7. The molecule has 1 aliphatic rings. The lowest BCUT2D eigenvalue weighted by molar-refractivity contribution is -0.144. The highest BCUT2D eigenvalue weighted by Gasteiger charge is 2.37. The maximum atomic E-state index is 12.5. The van der Waals surface area contributed by atoms with Crippen LogP contribution in [0.4, 0.5) is 5.69 Å². The molecule has 14 heteroatoms. The maximum Gasteiger partial charge on any atom is 0.305 e. The second kappa shape index (κ2) is 19.0. The molecule has 2 unspecified atom stereocenters. The predicted octanol–water partition coefficient (Wildman–Crippen LogP) is 2.73. The van der Waals surface area contributed by atoms with Gasteiger partial charge in [-0.1, -0.05) is 26.0 Å². The number of carbonyl (C=O) groups is 7. The van der Waals surface area contributed by atoms with Gasteiger partial charge in [0.1, 0.15) is 12.6 Å². The Balaban J connectivity index is 1.64. The summed E-state index contributed by atoms with van der Waals surface area (Å²) in [7, 11) is 0. The molecule has 2 rings (SSSR count). The van der Waals surface area contributed by atoms with Crippen LogP contribution < -0.4 is 21.3 Å². The van der Waals surface area contributed by atoms with Crippen LogP contribution in [0.2, 0.25) is 0 Å². The summed E-state index contributed by atoms with van der Waals surface area (Å²) in [6.07, 6.45) is 2.09. The van der Waals surface area contributed by atoms with E-state index in [-0.39, 0.29) is 80.9 Å². The zero-order chi connectivity index (χ0) is 36.8. The van der Waals surface area contributed by atoms with Gasteiger partial charge < -0.3 is 30.7 Å². The van der Waals surface area contributed by atoms with E-state index in [0.29, 0.717) is 31.6 Å². The molecule has 1 aliphatic heterocycles. The van der Waals surface area contributed by atoms with Crippen molar-refractivity contribution in [3.8, 4) is 0 Å². The third kappa shape index (κ3) is 14.8. The van der Waals surface area contributed by atoms with Crippen LogP contribution in [0.25, 0.3) is 0 Å². The Kier molecular flexibility index (Phi) is 15.8. The Labute approximate surface area is 288 Å². The number of ether oxygens (including phenoxy) is 2. The molecule has 1 aromatic rings. The zero-order valence-electron chi connectivity index (χ0n) is 29.9. The molecule has 272 valence electrons. The first-order valence-corrected chi connectivity index (χ1v) is 16.9. The van der Waals surface area contributed by atoms with Crippen molar-refractivity contribution in [1.29, 1.82) is 0 Å². The minimum Gasteiger partial charge on any atom is -0.461 e. The van der Waals surface area contributed by atoms with Crippen LogP contribution in [0.3, 0.4) is 0 Å². The van der Waals surface area contributed by atoms with Crippen molar-refractivity contribution in [2.24, 2.45) is 5.92 Å². The van der Waals surface area contributed by atoms with Crippen LogP contribution in [0.15, 0.2) is 24.3 Å². The summed E-state index contributed by atoms with van der Waals surface area (Å²) in [6, 6.07) is 5.92. The van der Waals surface area contributed by atoms with Gasteiger partial charge in [0.25, 0.3) is 0 Å². The minimum absolute atomic E-state index is 0.0264. The van der Waals surface area contributed by atoms with Crippen LogP contribution >= 0.6 is 0 Å². The van der Waals surface area contributed by atoms with Crippen molar-refractivity contribution in [1.82, 2.24) is 20.9 Å². The molecular formula is C35H53N5O9. The average molecular weight is 688 g/mol. The largest absolute Gasteiger partial charge is 0.461 e. The number of rotatable bonds is 20. The fourth-order valence-electron chi connectivity index (χ4n) is 4.92. The highest BCUT2D eigenvalue weighted by molar-refractivity contribution is 6.03. The molecule has 2 atom stereocenters. The Hall–Kier alpha value is -4.33. The van der Waals surface area contributed by atoms with Crippen molar-refractivity contribution in [3.05, 3.63) is 29.8 Å². The first kappa shape index (κ1) is 40.8. The summed E-state index contributed by atoms with van der Waals surface area (Å²) < 4.78 is 11.1. The Morgan fingerprint density at radius 3 is 2.22 bits per heavy atom. The summed E-state index contributed by atoms with van der Waals surface area (Å²) in [6.45, 7) is 12.7. The lowest BCUT2D eigenvalue weighted by atomic mass is 9.99. The summed E-state index contributed by atoms with van der Waals surface area (Å²) in [4.78, 5) is 86.7. The first-order valence-electron chi connectivity index (χ1n) is 16.9. The molecule has 0 aliphatic carbocycles. The third-order valence-corrected chi connectivity index (χ3v) is 8.17. The van der Waals surface area contributed by atoms with Crippen LogP contribution in [-0.4, -0.2) is 83.2 Å². The standard InChI is InChI=1S/C35H53N5O9/c1-8-25-20-30(44)40(33(25)47)18-15-28(42)39-34(4,5)17-19-49-35(6,7)16-14-27(41)36-21-29(43)37-23(3)32(46)38-26-12-10-24(11-13-26)22-48-31(45)9-2/h10-13,23,25H,8-9,14-22H2,1-7H3,(H,36,41)(H,37,43)(H,38,46)(H,39,42). The fourth-order valence-corrected chi connectivity index (χ4v) is 4.92. The number of nitrogens with one attached hydrogen (secondary N) is 4. The molecule has 0 radical (unpaired) electrons. The van der Waals surface area contributed by atoms with E-state index in [4.69, 9.17) is 9.47 Å². The fraction of sp³-hybridized carbons (Fsp3) is 0.629. The maximum absolute atomic E-state index is 12.5. The highest BCUT2D eigenvalue weighted by Crippen LogP contribution is 2.23. The molecule has 1 heterocycles. The average Bonchev–Trinajstić information content (AvgIpc) is 3.32. The number of esters is 1. The zero-order valence-corrected chi connectivity index (χ0v) is 29.9. The van der Waals surface area contributed by atoms with E-state index in [1.165, 1.54) is 11.8 Å². The number of hydrogen-bond donors (Lipinski definition) is 4. The van der Waals surface area contributed by atoms with Gasteiger partial charge in [-0.15, -0.1) is 0 Å². The summed E-state index contributed by atoms with van der Waals surface area (Å²) in [5.41, 5.74) is 0.0235. The van der Waals surface area contributed by atoms with Crippen molar-refractivity contribution < 1.29 is 43.0 Å². The number of anilines is 1. The number of imide groups is 1. The Bertz CT molecular complexity index is 1340. The van der Waals surface area contributed by atoms with Gasteiger partial charge in [0.2, 0.25) is 35.4 Å². The van der Waals surface area contributed by atoms with Gasteiger partial charge in [-0.3, -0.25) is 38.5 Å². The van der Waals surface area contributed by atoms with Gasteiger partial charge in [0.15, 0.2) is 0 Å². The quantitative estimate of drug-likeness (QED) is 0.118. The van der Waals surface area contributed by atoms with Crippen molar-refractivity contribution in [2.45, 2.75) is 117 Å². The molecule has 6 amide bonds. The van der Waals surface area contributed by atoms with Crippen LogP contribution in [-0.2, 0) is 49.6 Å². The van der Waals surface area contributed by atoms with E-state index in [0.717, 1.165) is 5.56 Å². The molecule has 1 fully saturated rings. The summed E-state index contributed by atoms with van der Waals surface area (Å²) in [5.74, 6) is -2.61. The number of amides is 6. The molecule has 1 saturated heterocycles. The van der Waals surface area contributed by atoms with Gasteiger partial charge in [-0.2, -0.15) is 0 Å². The summed E-state index contributed by atoms with van der Waals surface area (Å²) in [5, 5.41) is 10.7. The summed E-state index contributed by atoms with van der Waals surface area (Å²) >= 11 is 0. The molecule has 1 aromatic carbocycles. The van der Waals surface area contributed by atoms with Gasteiger partial charge >= 0.3 is 5.97 Å². The van der Waals surface area contributed by atoms with Crippen LogP contribution in [0, 0.1) is 5.92 Å². The van der Waals surface area contributed by atoms with Crippen molar-refractivity contribution in [3.63, 3.8) is 0 Å². The number of benzene rings is 1. The third-order valence-electron chi connectivity index (χ3n) is 8.17. The predicted molar refractivity (Wildman–Crippen MR) is 182 cm³/mol. The van der Waals surface area contributed by atoms with Crippen LogP contribution in [0.1, 0.15) is 99.0 Å². The molecule has 0 bridgehead atoms. The van der Waals surface area contributed by atoms with E-state index < -0.39 is 29.0 Å². The Morgan fingerprint density at radius 2 is 1.61 bits per heavy atom. The second-order valence-corrected chi connectivity index (χ2v) is 13.5. The SMILES string of the molecule is CCC(=O)OCc1ccc(NC(=O)C(C)NC(=O)CNC(=O)CCC(C)(C)OCCC(C)(C)NC(=O)CCN2C(=O)CC(CC)C2=O)cc1. The van der Waals surface area contributed by atoms with E-state index in [1.807, 2.05) is 34.6 Å². The topological polar surface area (TPSA) is 189 Å². The monoisotopic (exact) mass is 687 g/mol. The molecule has 49 heavy (non-hydrogen) atoms.